The molecule has 1 fully saturated rings. The summed E-state index contributed by atoms with van der Waals surface area (Å²) in [5.41, 5.74) is 3.48. The smallest absolute Gasteiger partial charge is 0.311 e. The number of nitrogens with zero attached hydrogens (tertiary/aromatic N) is 1. The zero-order valence-corrected chi connectivity index (χ0v) is 20.5. The van der Waals surface area contributed by atoms with Gasteiger partial charge >= 0.3 is 5.97 Å². The molecule has 0 radical (unpaired) electrons. The maximum Gasteiger partial charge on any atom is 0.311 e. The predicted molar refractivity (Wildman–Crippen MR) is 132 cm³/mol. The average molecular weight is 522 g/mol. The summed E-state index contributed by atoms with van der Waals surface area (Å²) < 4.78 is 12.0. The van der Waals surface area contributed by atoms with Crippen LogP contribution < -0.4 is 9.64 Å². The minimum atomic E-state index is -0.614. The fourth-order valence-electron chi connectivity index (χ4n) is 3.70. The Kier molecular flexibility index (Phi) is 7.12. The number of benzene rings is 3. The number of hydrogen-bond acceptors (Lipinski definition) is 5. The van der Waals surface area contributed by atoms with Crippen LogP contribution in [-0.2, 0) is 14.3 Å². The highest BCUT2D eigenvalue weighted by Crippen LogP contribution is 2.29. The molecular formula is C27H24BrNO5. The van der Waals surface area contributed by atoms with Crippen LogP contribution in [0.25, 0.3) is 0 Å². The molecule has 0 bridgehead atoms. The Morgan fingerprint density at radius 2 is 1.62 bits per heavy atom. The van der Waals surface area contributed by atoms with E-state index < -0.39 is 11.9 Å². The highest BCUT2D eigenvalue weighted by atomic mass is 79.9. The van der Waals surface area contributed by atoms with Crippen molar-refractivity contribution in [3.63, 3.8) is 0 Å². The Morgan fingerprint density at radius 3 is 2.29 bits per heavy atom. The number of Topliss-reactive ketones (excluding diaryl/α,β-unsaturated/α-hetero) is 1. The van der Waals surface area contributed by atoms with Gasteiger partial charge in [-0.3, -0.25) is 14.4 Å². The summed E-state index contributed by atoms with van der Waals surface area (Å²) in [7, 11) is 0. The van der Waals surface area contributed by atoms with E-state index >= 15 is 0 Å². The molecule has 4 rings (SSSR count). The monoisotopic (exact) mass is 521 g/mol. The summed E-state index contributed by atoms with van der Waals surface area (Å²) in [6.07, 6.45) is 0.0478. The summed E-state index contributed by atoms with van der Waals surface area (Å²) in [5.74, 6) is -0.215. The van der Waals surface area contributed by atoms with Gasteiger partial charge in [0.05, 0.1) is 5.92 Å². The molecule has 1 unspecified atom stereocenters. The highest BCUT2D eigenvalue weighted by molar-refractivity contribution is 9.10. The first-order chi connectivity index (χ1) is 16.3. The quantitative estimate of drug-likeness (QED) is 0.297. The standard InChI is InChI=1S/C27H24BrNO5/c1-17-3-10-24(13-18(17)2)34-23-11-8-22(9-12-23)29-15-20(14-26(29)31)27(32)33-16-25(30)19-4-6-21(28)7-5-19/h3-13,20H,14-16H2,1-2H3. The molecule has 0 N–H and O–H groups in total. The van der Waals surface area contributed by atoms with E-state index in [2.05, 4.69) is 15.9 Å². The van der Waals surface area contributed by atoms with Gasteiger partial charge in [-0.25, -0.2) is 0 Å². The number of ether oxygens (including phenoxy) is 2. The van der Waals surface area contributed by atoms with Crippen molar-refractivity contribution in [1.82, 2.24) is 0 Å². The summed E-state index contributed by atoms with van der Waals surface area (Å²) >= 11 is 3.32. The van der Waals surface area contributed by atoms with Gasteiger partial charge in [0, 0.05) is 28.7 Å². The van der Waals surface area contributed by atoms with Crippen LogP contribution in [0.4, 0.5) is 5.69 Å². The van der Waals surface area contributed by atoms with Crippen molar-refractivity contribution in [1.29, 1.82) is 0 Å². The van der Waals surface area contributed by atoms with Gasteiger partial charge in [0.2, 0.25) is 5.91 Å². The molecule has 3 aromatic rings. The summed E-state index contributed by atoms with van der Waals surface area (Å²) in [6, 6.07) is 19.9. The van der Waals surface area contributed by atoms with E-state index in [0.717, 1.165) is 15.8 Å². The molecule has 34 heavy (non-hydrogen) atoms. The van der Waals surface area contributed by atoms with E-state index in [1.807, 2.05) is 32.0 Å². The first kappa shape index (κ1) is 23.7. The highest BCUT2D eigenvalue weighted by Gasteiger charge is 2.36. The van der Waals surface area contributed by atoms with Crippen LogP contribution in [0.1, 0.15) is 27.9 Å². The van der Waals surface area contributed by atoms with Gasteiger partial charge in [-0.15, -0.1) is 0 Å². The molecule has 7 heteroatoms. The number of halogens is 1. The van der Waals surface area contributed by atoms with Crippen molar-refractivity contribution < 1.29 is 23.9 Å². The molecule has 0 aromatic heterocycles. The minimum absolute atomic E-state index is 0.0478. The molecule has 174 valence electrons. The molecule has 0 saturated carbocycles. The lowest BCUT2D eigenvalue weighted by atomic mass is 10.1. The number of esters is 1. The fraction of sp³-hybridized carbons (Fsp3) is 0.222. The van der Waals surface area contributed by atoms with Crippen LogP contribution in [0.2, 0.25) is 0 Å². The number of aryl methyl sites for hydroxylation is 2. The van der Waals surface area contributed by atoms with E-state index in [-0.39, 0.29) is 31.3 Å². The third-order valence-corrected chi connectivity index (χ3v) is 6.36. The first-order valence-corrected chi connectivity index (χ1v) is 11.7. The van der Waals surface area contributed by atoms with Gasteiger partial charge < -0.3 is 14.4 Å². The Labute approximate surface area is 206 Å². The third-order valence-electron chi connectivity index (χ3n) is 5.83. The van der Waals surface area contributed by atoms with Gasteiger partial charge in [-0.2, -0.15) is 0 Å². The van der Waals surface area contributed by atoms with Gasteiger partial charge in [-0.1, -0.05) is 34.1 Å². The first-order valence-electron chi connectivity index (χ1n) is 10.9. The number of anilines is 1. The Balaban J connectivity index is 1.33. The molecule has 1 amide bonds. The second-order valence-corrected chi connectivity index (χ2v) is 9.20. The zero-order chi connectivity index (χ0) is 24.2. The number of amides is 1. The molecule has 3 aromatic carbocycles. The van der Waals surface area contributed by atoms with E-state index in [4.69, 9.17) is 9.47 Å². The molecule has 1 aliphatic heterocycles. The molecule has 1 heterocycles. The van der Waals surface area contributed by atoms with E-state index in [0.29, 0.717) is 17.0 Å². The summed E-state index contributed by atoms with van der Waals surface area (Å²) in [6.45, 7) is 3.93. The van der Waals surface area contributed by atoms with Crippen molar-refractivity contribution in [2.45, 2.75) is 20.3 Å². The lowest BCUT2D eigenvalue weighted by Crippen LogP contribution is -2.27. The maximum absolute atomic E-state index is 12.5. The lowest BCUT2D eigenvalue weighted by molar-refractivity contribution is -0.147. The van der Waals surface area contributed by atoms with Crippen molar-refractivity contribution in [3.05, 3.63) is 87.9 Å². The van der Waals surface area contributed by atoms with Crippen molar-refractivity contribution in [3.8, 4) is 11.5 Å². The SMILES string of the molecule is Cc1ccc(Oc2ccc(N3CC(C(=O)OCC(=O)c4ccc(Br)cc4)CC3=O)cc2)cc1C. The maximum atomic E-state index is 12.5. The van der Waals surface area contributed by atoms with Crippen LogP contribution in [0, 0.1) is 19.8 Å². The molecule has 0 spiro atoms. The summed E-state index contributed by atoms with van der Waals surface area (Å²) in [4.78, 5) is 38.8. The van der Waals surface area contributed by atoms with Crippen molar-refractivity contribution in [2.24, 2.45) is 5.92 Å². The Morgan fingerprint density at radius 1 is 0.941 bits per heavy atom. The number of carbonyl (C=O) groups is 3. The van der Waals surface area contributed by atoms with E-state index in [9.17, 15) is 14.4 Å². The molecule has 0 aliphatic carbocycles. The van der Waals surface area contributed by atoms with Gasteiger partial charge in [0.25, 0.3) is 0 Å². The zero-order valence-electron chi connectivity index (χ0n) is 18.9. The summed E-state index contributed by atoms with van der Waals surface area (Å²) in [5, 5.41) is 0. The lowest BCUT2D eigenvalue weighted by Gasteiger charge is -2.17. The van der Waals surface area contributed by atoms with Crippen molar-refractivity contribution in [2.75, 3.05) is 18.1 Å². The normalized spacial score (nSPS) is 15.3. The Hall–Kier alpha value is -3.45. The van der Waals surface area contributed by atoms with Crippen LogP contribution in [0.3, 0.4) is 0 Å². The number of ketones is 1. The Bertz CT molecular complexity index is 1220. The number of carbonyl (C=O) groups excluding carboxylic acids is 3. The fourth-order valence-corrected chi connectivity index (χ4v) is 3.96. The van der Waals surface area contributed by atoms with Crippen LogP contribution in [-0.4, -0.2) is 30.8 Å². The second-order valence-electron chi connectivity index (χ2n) is 8.29. The van der Waals surface area contributed by atoms with E-state index in [1.165, 1.54) is 5.56 Å². The second kappa shape index (κ2) is 10.2. The molecule has 1 aliphatic rings. The van der Waals surface area contributed by atoms with Crippen LogP contribution >= 0.6 is 15.9 Å². The minimum Gasteiger partial charge on any atom is -0.457 e. The van der Waals surface area contributed by atoms with Gasteiger partial charge in [-0.05, 0) is 73.5 Å². The molecule has 6 nitrogen and oxygen atoms in total. The number of hydrogen-bond donors (Lipinski definition) is 0. The van der Waals surface area contributed by atoms with E-state index in [1.54, 1.807) is 53.4 Å². The molecule has 1 saturated heterocycles. The molecule has 1 atom stereocenters. The van der Waals surface area contributed by atoms with Crippen LogP contribution in [0.15, 0.2) is 71.2 Å². The third kappa shape index (κ3) is 5.54. The number of rotatable bonds is 7. The van der Waals surface area contributed by atoms with Crippen LogP contribution in [0.5, 0.6) is 11.5 Å². The predicted octanol–water partition coefficient (Wildman–Crippen LogP) is 5.64. The average Bonchev–Trinajstić information content (AvgIpc) is 3.22. The van der Waals surface area contributed by atoms with Gasteiger partial charge in [0.1, 0.15) is 11.5 Å². The topological polar surface area (TPSA) is 72.9 Å². The van der Waals surface area contributed by atoms with Crippen molar-refractivity contribution >= 4 is 39.3 Å². The van der Waals surface area contributed by atoms with Gasteiger partial charge in [0.15, 0.2) is 12.4 Å². The largest absolute Gasteiger partial charge is 0.457 e. The molecular weight excluding hydrogens is 498 g/mol.